The quantitative estimate of drug-likeness (QED) is 0.607. The predicted octanol–water partition coefficient (Wildman–Crippen LogP) is 1.36. The summed E-state index contributed by atoms with van der Waals surface area (Å²) in [5.41, 5.74) is 0.973. The van der Waals surface area contributed by atoms with E-state index in [1.807, 2.05) is 13.0 Å². The van der Waals surface area contributed by atoms with Crippen molar-refractivity contribution in [2.45, 2.75) is 12.7 Å². The molecule has 1 heterocycles. The summed E-state index contributed by atoms with van der Waals surface area (Å²) >= 11 is 0. The Morgan fingerprint density at radius 1 is 1.60 bits per heavy atom. The summed E-state index contributed by atoms with van der Waals surface area (Å²) in [6.07, 6.45) is 4.38. The van der Waals surface area contributed by atoms with Gasteiger partial charge in [-0.3, -0.25) is 0 Å². The molecule has 0 N–H and O–H groups in total. The zero-order valence-corrected chi connectivity index (χ0v) is 7.36. The van der Waals surface area contributed by atoms with Gasteiger partial charge < -0.3 is 4.52 Å². The van der Waals surface area contributed by atoms with E-state index in [9.17, 15) is 0 Å². The molecule has 0 aliphatic heterocycles. The summed E-state index contributed by atoms with van der Waals surface area (Å²) in [5, 5.41) is 3.80. The number of nitrogens with zero attached hydrogens (tertiary/aromatic N) is 1. The van der Waals surface area contributed by atoms with Crippen molar-refractivity contribution in [1.29, 1.82) is 0 Å². The second kappa shape index (κ2) is 3.10. The molecule has 3 heteroatoms. The third kappa shape index (κ3) is 2.06. The average molecular weight is 158 g/mol. The van der Waals surface area contributed by atoms with Crippen LogP contribution >= 0.6 is 0 Å². The van der Waals surface area contributed by atoms with Crippen LogP contribution in [-0.4, -0.2) is 17.7 Å². The van der Waals surface area contributed by atoms with Crippen LogP contribution in [0.25, 0.3) is 0 Å². The van der Waals surface area contributed by atoms with Crippen LogP contribution in [0.15, 0.2) is 10.6 Å². The van der Waals surface area contributed by atoms with E-state index in [0.29, 0.717) is 10.9 Å². The van der Waals surface area contributed by atoms with E-state index in [2.05, 4.69) is 17.7 Å². The molecule has 0 aliphatic rings. The van der Waals surface area contributed by atoms with Gasteiger partial charge in [0.25, 0.3) is 0 Å². The fourth-order valence-corrected chi connectivity index (χ4v) is 1.47. The molecule has 0 aliphatic carbocycles. The van der Waals surface area contributed by atoms with Crippen molar-refractivity contribution >= 4 is 10.9 Å². The van der Waals surface area contributed by atoms with Crippen LogP contribution in [0.1, 0.15) is 11.5 Å². The lowest BCUT2D eigenvalue weighted by Gasteiger charge is -1.88. The first-order valence-corrected chi connectivity index (χ1v) is 5.36. The number of hydrogen-bond donors (Lipinski definition) is 0. The van der Waals surface area contributed by atoms with Gasteiger partial charge in [0.1, 0.15) is 0 Å². The van der Waals surface area contributed by atoms with Crippen molar-refractivity contribution in [3.63, 3.8) is 0 Å². The molecule has 0 amide bonds. The first kappa shape index (κ1) is 7.66. The molecule has 1 aromatic rings. The first-order chi connectivity index (χ1) is 4.68. The molecular formula is C7H12NOS+. The molecule has 0 unspecified atom stereocenters. The van der Waals surface area contributed by atoms with Crippen LogP contribution in [0.3, 0.4) is 0 Å². The molecule has 1 rings (SSSR count). The van der Waals surface area contributed by atoms with Gasteiger partial charge in [-0.1, -0.05) is 5.16 Å². The Balaban J connectivity index is 2.58. The van der Waals surface area contributed by atoms with Crippen LogP contribution in [0, 0.1) is 6.92 Å². The predicted molar refractivity (Wildman–Crippen MR) is 44.2 cm³/mol. The van der Waals surface area contributed by atoms with Gasteiger partial charge in [-0.05, 0) is 17.8 Å². The summed E-state index contributed by atoms with van der Waals surface area (Å²) in [6, 6.07) is 1.99. The normalized spacial score (nSPS) is 10.8. The molecule has 0 fully saturated rings. The maximum absolute atomic E-state index is 5.03. The SMILES string of the molecule is Cc1cc(C[S+](C)C)on1. The topological polar surface area (TPSA) is 26.0 Å². The van der Waals surface area contributed by atoms with Crippen molar-refractivity contribution in [2.24, 2.45) is 0 Å². The molecular weight excluding hydrogens is 146 g/mol. The highest BCUT2D eigenvalue weighted by Gasteiger charge is 2.08. The van der Waals surface area contributed by atoms with Crippen molar-refractivity contribution in [3.05, 3.63) is 17.5 Å². The highest BCUT2D eigenvalue weighted by molar-refractivity contribution is 7.94. The summed E-state index contributed by atoms with van der Waals surface area (Å²) in [5.74, 6) is 2.02. The van der Waals surface area contributed by atoms with Crippen LogP contribution < -0.4 is 0 Å². The Morgan fingerprint density at radius 3 is 2.70 bits per heavy atom. The lowest BCUT2D eigenvalue weighted by atomic mass is 10.4. The average Bonchev–Trinajstić information content (AvgIpc) is 2.13. The monoisotopic (exact) mass is 158 g/mol. The summed E-state index contributed by atoms with van der Waals surface area (Å²) < 4.78 is 5.03. The molecule has 0 aromatic carbocycles. The number of rotatable bonds is 2. The van der Waals surface area contributed by atoms with Gasteiger partial charge in [-0.2, -0.15) is 0 Å². The van der Waals surface area contributed by atoms with Crippen LogP contribution in [0.2, 0.25) is 0 Å². The Hall–Kier alpha value is -0.440. The second-order valence-electron chi connectivity index (χ2n) is 2.56. The van der Waals surface area contributed by atoms with Crippen molar-refractivity contribution in [1.82, 2.24) is 5.16 Å². The van der Waals surface area contributed by atoms with E-state index in [-0.39, 0.29) is 0 Å². The third-order valence-corrected chi connectivity index (χ3v) is 1.97. The number of hydrogen-bond acceptors (Lipinski definition) is 2. The lowest BCUT2D eigenvalue weighted by molar-refractivity contribution is 0.390. The fraction of sp³-hybridized carbons (Fsp3) is 0.571. The lowest BCUT2D eigenvalue weighted by Crippen LogP contribution is -1.97. The summed E-state index contributed by atoms with van der Waals surface area (Å²) in [6.45, 7) is 1.94. The zero-order chi connectivity index (χ0) is 7.56. The fourth-order valence-electron chi connectivity index (χ4n) is 0.769. The van der Waals surface area contributed by atoms with Crippen molar-refractivity contribution in [2.75, 3.05) is 12.5 Å². The molecule has 0 spiro atoms. The molecule has 0 atom stereocenters. The maximum Gasteiger partial charge on any atom is 0.186 e. The van der Waals surface area contributed by atoms with E-state index in [4.69, 9.17) is 4.52 Å². The van der Waals surface area contributed by atoms with Crippen LogP contribution in [-0.2, 0) is 16.6 Å². The molecule has 0 saturated carbocycles. The molecule has 1 aromatic heterocycles. The minimum atomic E-state index is 0.413. The molecule has 0 bridgehead atoms. The first-order valence-electron chi connectivity index (χ1n) is 3.15. The van der Waals surface area contributed by atoms with Gasteiger partial charge in [-0.25, -0.2) is 0 Å². The standard InChI is InChI=1S/C7H12NOS/c1-6-4-7(9-8-6)5-10(2)3/h4H,5H2,1-3H3/q+1. The second-order valence-corrected chi connectivity index (χ2v) is 4.82. The van der Waals surface area contributed by atoms with E-state index < -0.39 is 0 Å². The highest BCUT2D eigenvalue weighted by Crippen LogP contribution is 2.05. The molecule has 0 saturated heterocycles. The maximum atomic E-state index is 5.03. The Kier molecular flexibility index (Phi) is 2.38. The van der Waals surface area contributed by atoms with Crippen molar-refractivity contribution in [3.8, 4) is 0 Å². The molecule has 10 heavy (non-hydrogen) atoms. The molecule has 0 radical (unpaired) electrons. The summed E-state index contributed by atoms with van der Waals surface area (Å²) in [4.78, 5) is 0. The summed E-state index contributed by atoms with van der Waals surface area (Å²) in [7, 11) is 0.413. The number of aromatic nitrogens is 1. The Bertz CT molecular complexity index is 207. The van der Waals surface area contributed by atoms with Crippen LogP contribution in [0.4, 0.5) is 0 Å². The van der Waals surface area contributed by atoms with Gasteiger partial charge in [0.05, 0.1) is 18.2 Å². The van der Waals surface area contributed by atoms with Crippen LogP contribution in [0.5, 0.6) is 0 Å². The minimum Gasteiger partial charge on any atom is -0.356 e. The Morgan fingerprint density at radius 2 is 2.30 bits per heavy atom. The minimum absolute atomic E-state index is 0.413. The van der Waals surface area contributed by atoms with Gasteiger partial charge in [-0.15, -0.1) is 0 Å². The van der Waals surface area contributed by atoms with E-state index >= 15 is 0 Å². The third-order valence-electron chi connectivity index (χ3n) is 1.11. The van der Waals surface area contributed by atoms with E-state index in [1.54, 1.807) is 0 Å². The smallest absolute Gasteiger partial charge is 0.186 e. The highest BCUT2D eigenvalue weighted by atomic mass is 32.2. The molecule has 2 nitrogen and oxygen atoms in total. The van der Waals surface area contributed by atoms with E-state index in [0.717, 1.165) is 17.2 Å². The van der Waals surface area contributed by atoms with Gasteiger partial charge in [0, 0.05) is 6.07 Å². The zero-order valence-electron chi connectivity index (χ0n) is 6.55. The van der Waals surface area contributed by atoms with Gasteiger partial charge in [0.2, 0.25) is 0 Å². The van der Waals surface area contributed by atoms with Crippen molar-refractivity contribution < 1.29 is 4.52 Å². The van der Waals surface area contributed by atoms with Gasteiger partial charge >= 0.3 is 0 Å². The number of aryl methyl sites for hydroxylation is 1. The molecule has 56 valence electrons. The van der Waals surface area contributed by atoms with Gasteiger partial charge in [0.15, 0.2) is 11.5 Å². The van der Waals surface area contributed by atoms with E-state index in [1.165, 1.54) is 0 Å². The Labute approximate surface area is 63.9 Å². The largest absolute Gasteiger partial charge is 0.356 e.